The van der Waals surface area contributed by atoms with Gasteiger partial charge < -0.3 is 5.73 Å². The van der Waals surface area contributed by atoms with Gasteiger partial charge in [0.15, 0.2) is 9.84 Å². The maximum Gasteiger partial charge on any atom is 0.239 e. The minimum atomic E-state index is -3.23. The van der Waals surface area contributed by atoms with Gasteiger partial charge in [-0.25, -0.2) is 8.42 Å². The second-order valence-corrected chi connectivity index (χ2v) is 5.89. The van der Waals surface area contributed by atoms with Gasteiger partial charge in [0.1, 0.15) is 10.6 Å². The number of hydrogen-bond donors (Lipinski definition) is 2. The van der Waals surface area contributed by atoms with Gasteiger partial charge in [0.05, 0.1) is 0 Å². The first-order valence-corrected chi connectivity index (χ1v) is 5.52. The molecule has 1 aromatic rings. The van der Waals surface area contributed by atoms with Crippen molar-refractivity contribution < 1.29 is 8.42 Å². The molecule has 0 aliphatic heterocycles. The first-order chi connectivity index (χ1) is 5.75. The van der Waals surface area contributed by atoms with E-state index in [1.165, 1.54) is 0 Å². The minimum Gasteiger partial charge on any atom is -0.367 e. The van der Waals surface area contributed by atoms with E-state index in [9.17, 15) is 8.42 Å². The molecule has 0 radical (unpaired) electrons. The Morgan fingerprint density at radius 3 is 2.31 bits per heavy atom. The predicted octanol–water partition coefficient (Wildman–Crippen LogP) is -0.333. The van der Waals surface area contributed by atoms with E-state index in [1.807, 2.05) is 0 Å². The lowest BCUT2D eigenvalue weighted by Gasteiger charge is -2.18. The monoisotopic (exact) mass is 204 g/mol. The molecule has 1 heterocycles. The Hall–Kier alpha value is -1.11. The van der Waals surface area contributed by atoms with Crippen LogP contribution in [0, 0.1) is 0 Å². The highest BCUT2D eigenvalue weighted by molar-refractivity contribution is 7.91. The zero-order valence-electron chi connectivity index (χ0n) is 7.70. The van der Waals surface area contributed by atoms with Crippen molar-refractivity contribution in [1.29, 1.82) is 0 Å². The van der Waals surface area contributed by atoms with Crippen LogP contribution in [0.15, 0.2) is 0 Å². The molecule has 0 aliphatic rings. The average Bonchev–Trinajstić information content (AvgIpc) is 2.33. The number of aromatic nitrogens is 3. The van der Waals surface area contributed by atoms with Crippen molar-refractivity contribution in [3.63, 3.8) is 0 Å². The summed E-state index contributed by atoms with van der Waals surface area (Å²) in [5.74, 6) is 0.305. The van der Waals surface area contributed by atoms with E-state index in [0.29, 0.717) is 0 Å². The van der Waals surface area contributed by atoms with Crippen LogP contribution in [0.5, 0.6) is 0 Å². The molecule has 0 fully saturated rings. The molecule has 0 amide bonds. The van der Waals surface area contributed by atoms with Gasteiger partial charge in [-0.15, -0.1) is 5.10 Å². The van der Waals surface area contributed by atoms with Crippen molar-refractivity contribution in [2.45, 2.75) is 18.6 Å². The Balaban J connectivity index is 3.23. The van der Waals surface area contributed by atoms with Crippen molar-refractivity contribution in [1.82, 2.24) is 15.2 Å². The summed E-state index contributed by atoms with van der Waals surface area (Å²) in [4.78, 5) is 3.78. The lowest BCUT2D eigenvalue weighted by atomic mass is 10.2. The van der Waals surface area contributed by atoms with Gasteiger partial charge in [0.25, 0.3) is 0 Å². The van der Waals surface area contributed by atoms with E-state index < -0.39 is 14.6 Å². The van der Waals surface area contributed by atoms with Crippen molar-refractivity contribution in [3.8, 4) is 0 Å². The summed E-state index contributed by atoms with van der Waals surface area (Å²) in [7, 11) is -3.23. The lowest BCUT2D eigenvalue weighted by molar-refractivity contribution is 0.551. The fourth-order valence-corrected chi connectivity index (χ4v) is 1.16. The highest BCUT2D eigenvalue weighted by atomic mass is 32.2. The van der Waals surface area contributed by atoms with Gasteiger partial charge in [-0.05, 0) is 13.8 Å². The largest absolute Gasteiger partial charge is 0.367 e. The number of nitrogen functional groups attached to an aromatic ring is 1. The van der Waals surface area contributed by atoms with Crippen LogP contribution in [-0.4, -0.2) is 29.9 Å². The molecule has 0 spiro atoms. The average molecular weight is 204 g/mol. The summed E-state index contributed by atoms with van der Waals surface area (Å²) in [6.07, 6.45) is 1.14. The number of rotatable bonds is 2. The number of sulfone groups is 1. The second kappa shape index (κ2) is 2.69. The zero-order valence-corrected chi connectivity index (χ0v) is 8.51. The number of nitrogens with zero attached hydrogens (tertiary/aromatic N) is 2. The van der Waals surface area contributed by atoms with Crippen LogP contribution in [-0.2, 0) is 14.6 Å². The molecule has 1 aromatic heterocycles. The van der Waals surface area contributed by atoms with Gasteiger partial charge in [0.2, 0.25) is 5.95 Å². The van der Waals surface area contributed by atoms with E-state index in [4.69, 9.17) is 5.73 Å². The van der Waals surface area contributed by atoms with E-state index in [2.05, 4.69) is 15.2 Å². The second-order valence-electron chi connectivity index (χ2n) is 3.32. The lowest BCUT2D eigenvalue weighted by Crippen LogP contribution is -2.29. The first kappa shape index (κ1) is 9.97. The van der Waals surface area contributed by atoms with Crippen molar-refractivity contribution in [3.05, 3.63) is 5.82 Å². The van der Waals surface area contributed by atoms with Crippen molar-refractivity contribution in [2.24, 2.45) is 0 Å². The van der Waals surface area contributed by atoms with Crippen LogP contribution >= 0.6 is 0 Å². The van der Waals surface area contributed by atoms with E-state index in [1.54, 1.807) is 13.8 Å². The molecule has 0 aliphatic carbocycles. The molecule has 7 heteroatoms. The predicted molar refractivity (Wildman–Crippen MR) is 48.7 cm³/mol. The van der Waals surface area contributed by atoms with E-state index in [0.717, 1.165) is 6.26 Å². The fraction of sp³-hybridized carbons (Fsp3) is 0.667. The number of anilines is 1. The molecule has 1 rings (SSSR count). The van der Waals surface area contributed by atoms with Gasteiger partial charge in [-0.1, -0.05) is 0 Å². The first-order valence-electron chi connectivity index (χ1n) is 3.63. The van der Waals surface area contributed by atoms with Crippen LogP contribution in [0.4, 0.5) is 5.95 Å². The molecule has 0 saturated heterocycles. The Morgan fingerprint density at radius 1 is 1.46 bits per heavy atom. The molecule has 3 N–H and O–H groups in total. The van der Waals surface area contributed by atoms with Crippen LogP contribution in [0.25, 0.3) is 0 Å². The fourth-order valence-electron chi connectivity index (χ4n) is 0.720. The summed E-state index contributed by atoms with van der Waals surface area (Å²) in [5.41, 5.74) is 5.27. The molecular formula is C6H12N4O2S. The number of nitrogens with one attached hydrogen (secondary N) is 1. The summed E-state index contributed by atoms with van der Waals surface area (Å²) in [5, 5.41) is 6.06. The number of H-pyrrole nitrogens is 1. The topological polar surface area (TPSA) is 102 Å². The number of hydrogen-bond acceptors (Lipinski definition) is 5. The summed E-state index contributed by atoms with van der Waals surface area (Å²) in [6, 6.07) is 0. The van der Waals surface area contributed by atoms with Crippen LogP contribution in [0.3, 0.4) is 0 Å². The molecule has 0 saturated carbocycles. The molecule has 74 valence electrons. The van der Waals surface area contributed by atoms with Crippen LogP contribution in [0.1, 0.15) is 19.7 Å². The minimum absolute atomic E-state index is 0.0479. The maximum absolute atomic E-state index is 11.3. The Kier molecular flexibility index (Phi) is 2.07. The van der Waals surface area contributed by atoms with Gasteiger partial charge in [-0.2, -0.15) is 4.98 Å². The molecule has 0 atom stereocenters. The Labute approximate surface area is 76.5 Å². The smallest absolute Gasteiger partial charge is 0.239 e. The quantitative estimate of drug-likeness (QED) is 0.686. The molecular weight excluding hydrogens is 192 g/mol. The third kappa shape index (κ3) is 1.64. The zero-order chi connectivity index (χ0) is 10.3. The van der Waals surface area contributed by atoms with Crippen molar-refractivity contribution >= 4 is 15.8 Å². The third-order valence-electron chi connectivity index (χ3n) is 2.00. The Morgan fingerprint density at radius 2 is 2.00 bits per heavy atom. The standard InChI is InChI=1S/C6H12N4O2S/c1-6(2,13(3,11)12)4-8-5(7)10-9-4/h1-3H3,(H3,7,8,9,10). The van der Waals surface area contributed by atoms with Crippen LogP contribution in [0.2, 0.25) is 0 Å². The maximum atomic E-state index is 11.3. The Bertz CT molecular complexity index is 406. The summed E-state index contributed by atoms with van der Waals surface area (Å²) < 4.78 is 21.6. The van der Waals surface area contributed by atoms with Gasteiger partial charge in [0, 0.05) is 6.26 Å². The number of aromatic amines is 1. The number of nitrogens with two attached hydrogens (primary N) is 1. The molecule has 0 bridgehead atoms. The van der Waals surface area contributed by atoms with Gasteiger partial charge >= 0.3 is 0 Å². The van der Waals surface area contributed by atoms with Gasteiger partial charge in [-0.3, -0.25) is 5.10 Å². The molecule has 13 heavy (non-hydrogen) atoms. The normalized spacial score (nSPS) is 13.2. The van der Waals surface area contributed by atoms with Crippen LogP contribution < -0.4 is 5.73 Å². The molecule has 6 nitrogen and oxygen atoms in total. The van der Waals surface area contributed by atoms with E-state index in [-0.39, 0.29) is 11.8 Å². The SMILES string of the molecule is CC(C)(c1nc(N)n[nH]1)S(C)(=O)=O. The highest BCUT2D eigenvalue weighted by Crippen LogP contribution is 2.25. The summed E-state index contributed by atoms with van der Waals surface area (Å²) >= 11 is 0. The molecule has 0 aromatic carbocycles. The molecule has 0 unspecified atom stereocenters. The third-order valence-corrected chi connectivity index (χ3v) is 4.05. The summed E-state index contributed by atoms with van der Waals surface area (Å²) in [6.45, 7) is 3.09. The van der Waals surface area contributed by atoms with E-state index >= 15 is 0 Å². The van der Waals surface area contributed by atoms with Crippen molar-refractivity contribution in [2.75, 3.05) is 12.0 Å². The highest BCUT2D eigenvalue weighted by Gasteiger charge is 2.35.